The Kier molecular flexibility index (Phi) is 5.27. The maximum Gasteiger partial charge on any atom is 0.291 e. The molecule has 3 aromatic carbocycles. The van der Waals surface area contributed by atoms with E-state index in [1.54, 1.807) is 23.1 Å². The lowest BCUT2D eigenvalue weighted by Gasteiger charge is -2.24. The monoisotopic (exact) mass is 457 g/mol. The van der Waals surface area contributed by atoms with Crippen LogP contribution in [0.15, 0.2) is 88.6 Å². The number of aryl methyl sites for hydroxylation is 1. The number of hydrogen-bond donors (Lipinski definition) is 0. The molecule has 4 aromatic rings. The lowest BCUT2D eigenvalue weighted by molar-refractivity contribution is 0.0748. The van der Waals surface area contributed by atoms with Crippen molar-refractivity contribution >= 4 is 28.5 Å². The first kappa shape index (κ1) is 21.0. The molecule has 1 unspecified atom stereocenters. The van der Waals surface area contributed by atoms with Crippen molar-refractivity contribution in [3.8, 4) is 11.5 Å². The van der Waals surface area contributed by atoms with Gasteiger partial charge in [0.1, 0.15) is 17.1 Å². The fourth-order valence-electron chi connectivity index (χ4n) is 4.19. The number of amides is 1. The molecule has 0 saturated heterocycles. The Morgan fingerprint density at radius 1 is 1.06 bits per heavy atom. The maximum absolute atomic E-state index is 13.6. The molecule has 1 amide bonds. The van der Waals surface area contributed by atoms with Crippen LogP contribution in [0.25, 0.3) is 11.0 Å². The molecule has 5 nitrogen and oxygen atoms in total. The van der Waals surface area contributed by atoms with E-state index in [-0.39, 0.29) is 23.6 Å². The molecule has 2 heterocycles. The second-order valence-corrected chi connectivity index (χ2v) is 8.32. The summed E-state index contributed by atoms with van der Waals surface area (Å²) in [6, 6.07) is 19.4. The lowest BCUT2D eigenvalue weighted by atomic mass is 9.98. The standard InChI is InChI=1S/C27H20ClNO4/c1-3-12-29-24(17-8-7-11-19(14-17)32-18-9-5-4-6-10-18)23-25(30)20-15-21(28)16(2)13-22(20)33-26(23)27(29)31/h3-11,13-15,24H,1,12H2,2H3. The van der Waals surface area contributed by atoms with Gasteiger partial charge in [0, 0.05) is 11.6 Å². The Labute approximate surface area is 195 Å². The molecule has 164 valence electrons. The predicted molar refractivity (Wildman–Crippen MR) is 128 cm³/mol. The SMILES string of the molecule is C=CCN1C(=O)c2oc3cc(C)c(Cl)cc3c(=O)c2C1c1cccc(Oc2ccccc2)c1. The molecule has 1 atom stereocenters. The van der Waals surface area contributed by atoms with E-state index in [0.717, 1.165) is 11.1 Å². The van der Waals surface area contributed by atoms with Gasteiger partial charge in [-0.3, -0.25) is 9.59 Å². The number of fused-ring (bicyclic) bond motifs is 2. The highest BCUT2D eigenvalue weighted by Crippen LogP contribution is 2.39. The average Bonchev–Trinajstić information content (AvgIpc) is 3.08. The molecule has 0 N–H and O–H groups in total. The van der Waals surface area contributed by atoms with Crippen LogP contribution in [0.2, 0.25) is 5.02 Å². The van der Waals surface area contributed by atoms with Gasteiger partial charge in [0.25, 0.3) is 5.91 Å². The van der Waals surface area contributed by atoms with Crippen LogP contribution in [0.4, 0.5) is 0 Å². The van der Waals surface area contributed by atoms with Gasteiger partial charge in [0.05, 0.1) is 17.0 Å². The number of carbonyl (C=O) groups excluding carboxylic acids is 1. The molecule has 0 spiro atoms. The summed E-state index contributed by atoms with van der Waals surface area (Å²) in [5.41, 5.74) is 1.87. The maximum atomic E-state index is 13.6. The van der Waals surface area contributed by atoms with Crippen LogP contribution in [-0.4, -0.2) is 17.4 Å². The molecule has 1 aliphatic rings. The molecule has 0 aliphatic carbocycles. The number of nitrogens with zero attached hydrogens (tertiary/aromatic N) is 1. The van der Waals surface area contributed by atoms with Crippen molar-refractivity contribution in [1.82, 2.24) is 4.90 Å². The first-order valence-electron chi connectivity index (χ1n) is 10.5. The van der Waals surface area contributed by atoms with E-state index in [0.29, 0.717) is 33.1 Å². The van der Waals surface area contributed by atoms with Gasteiger partial charge >= 0.3 is 0 Å². The molecule has 0 bridgehead atoms. The number of carbonyl (C=O) groups is 1. The highest BCUT2D eigenvalue weighted by Gasteiger charge is 2.42. The Morgan fingerprint density at radius 3 is 2.58 bits per heavy atom. The summed E-state index contributed by atoms with van der Waals surface area (Å²) in [5.74, 6) is 0.990. The summed E-state index contributed by atoms with van der Waals surface area (Å²) in [6.07, 6.45) is 1.63. The molecule has 0 radical (unpaired) electrons. The van der Waals surface area contributed by atoms with E-state index in [1.165, 1.54) is 0 Å². The fourth-order valence-corrected chi connectivity index (χ4v) is 4.35. The predicted octanol–water partition coefficient (Wildman–Crippen LogP) is 6.28. The number of benzene rings is 3. The van der Waals surface area contributed by atoms with Crippen molar-refractivity contribution in [2.24, 2.45) is 0 Å². The van der Waals surface area contributed by atoms with Gasteiger partial charge in [0.15, 0.2) is 5.43 Å². The molecule has 5 rings (SSSR count). The Bertz CT molecular complexity index is 1460. The van der Waals surface area contributed by atoms with Gasteiger partial charge in [-0.25, -0.2) is 0 Å². The van der Waals surface area contributed by atoms with Gasteiger partial charge in [0.2, 0.25) is 5.76 Å². The number of ether oxygens (including phenoxy) is 1. The van der Waals surface area contributed by atoms with Gasteiger partial charge in [-0.2, -0.15) is 0 Å². The second-order valence-electron chi connectivity index (χ2n) is 7.91. The molecule has 0 saturated carbocycles. The Hall–Kier alpha value is -3.83. The topological polar surface area (TPSA) is 59.8 Å². The molecule has 0 fully saturated rings. The van der Waals surface area contributed by atoms with Gasteiger partial charge < -0.3 is 14.1 Å². The van der Waals surface area contributed by atoms with Crippen LogP contribution in [0.3, 0.4) is 0 Å². The number of rotatable bonds is 5. The second kappa shape index (κ2) is 8.26. The summed E-state index contributed by atoms with van der Waals surface area (Å²) >= 11 is 6.28. The van der Waals surface area contributed by atoms with Crippen LogP contribution in [0.1, 0.15) is 33.3 Å². The third-order valence-electron chi connectivity index (χ3n) is 5.73. The van der Waals surface area contributed by atoms with Crippen LogP contribution >= 0.6 is 11.6 Å². The molecule has 33 heavy (non-hydrogen) atoms. The minimum Gasteiger partial charge on any atom is -0.457 e. The van der Waals surface area contributed by atoms with Crippen molar-refractivity contribution in [3.05, 3.63) is 117 Å². The summed E-state index contributed by atoms with van der Waals surface area (Å²) in [6.45, 7) is 5.86. The van der Waals surface area contributed by atoms with E-state index >= 15 is 0 Å². The number of hydrogen-bond acceptors (Lipinski definition) is 4. The first-order valence-corrected chi connectivity index (χ1v) is 10.9. The minimum absolute atomic E-state index is 0.0513. The Morgan fingerprint density at radius 2 is 1.82 bits per heavy atom. The number of halogens is 1. The summed E-state index contributed by atoms with van der Waals surface area (Å²) in [4.78, 5) is 28.4. The largest absolute Gasteiger partial charge is 0.457 e. The Balaban J connectivity index is 1.68. The highest BCUT2D eigenvalue weighted by molar-refractivity contribution is 6.32. The van der Waals surface area contributed by atoms with Crippen molar-refractivity contribution in [1.29, 1.82) is 0 Å². The van der Waals surface area contributed by atoms with E-state index in [4.69, 9.17) is 20.8 Å². The molecule has 1 aromatic heterocycles. The summed E-state index contributed by atoms with van der Waals surface area (Å²) in [7, 11) is 0. The summed E-state index contributed by atoms with van der Waals surface area (Å²) < 4.78 is 11.9. The lowest BCUT2D eigenvalue weighted by Crippen LogP contribution is -2.29. The van der Waals surface area contributed by atoms with Crippen LogP contribution in [0.5, 0.6) is 11.5 Å². The zero-order valence-electron chi connectivity index (χ0n) is 17.9. The molecule has 1 aliphatic heterocycles. The number of para-hydroxylation sites is 1. The van der Waals surface area contributed by atoms with Crippen molar-refractivity contribution in [3.63, 3.8) is 0 Å². The van der Waals surface area contributed by atoms with Crippen molar-refractivity contribution in [2.45, 2.75) is 13.0 Å². The molecule has 6 heteroatoms. The van der Waals surface area contributed by atoms with E-state index in [2.05, 4.69) is 6.58 Å². The van der Waals surface area contributed by atoms with Crippen LogP contribution in [-0.2, 0) is 0 Å². The van der Waals surface area contributed by atoms with Crippen molar-refractivity contribution < 1.29 is 13.9 Å². The zero-order chi connectivity index (χ0) is 23.1. The average molecular weight is 458 g/mol. The smallest absolute Gasteiger partial charge is 0.291 e. The van der Waals surface area contributed by atoms with Gasteiger partial charge in [-0.05, 0) is 54.4 Å². The minimum atomic E-state index is -0.634. The van der Waals surface area contributed by atoms with E-state index in [9.17, 15) is 9.59 Å². The molecular weight excluding hydrogens is 438 g/mol. The third kappa shape index (κ3) is 3.60. The highest BCUT2D eigenvalue weighted by atomic mass is 35.5. The van der Waals surface area contributed by atoms with Gasteiger partial charge in [-0.1, -0.05) is 48.0 Å². The normalized spacial score (nSPS) is 15.0. The molecular formula is C27H20ClNO4. The third-order valence-corrected chi connectivity index (χ3v) is 6.13. The van der Waals surface area contributed by atoms with Crippen LogP contribution in [0, 0.1) is 6.92 Å². The fraction of sp³-hybridized carbons (Fsp3) is 0.111. The first-order chi connectivity index (χ1) is 16.0. The van der Waals surface area contributed by atoms with Crippen molar-refractivity contribution in [2.75, 3.05) is 6.54 Å². The quantitative estimate of drug-likeness (QED) is 0.331. The van der Waals surface area contributed by atoms with Crippen LogP contribution < -0.4 is 10.2 Å². The van der Waals surface area contributed by atoms with E-state index < -0.39 is 6.04 Å². The summed E-state index contributed by atoms with van der Waals surface area (Å²) in [5, 5.41) is 0.816. The van der Waals surface area contributed by atoms with E-state index in [1.807, 2.05) is 61.5 Å². The zero-order valence-corrected chi connectivity index (χ0v) is 18.6. The van der Waals surface area contributed by atoms with Gasteiger partial charge in [-0.15, -0.1) is 6.58 Å².